The summed E-state index contributed by atoms with van der Waals surface area (Å²) in [5.74, 6) is -0.736. The molecule has 1 heterocycles. The Labute approximate surface area is 91.5 Å². The molecule has 0 saturated heterocycles. The third-order valence-electron chi connectivity index (χ3n) is 1.83. The zero-order valence-electron chi connectivity index (χ0n) is 7.95. The van der Waals surface area contributed by atoms with Crippen LogP contribution in [-0.4, -0.2) is 11.1 Å². The summed E-state index contributed by atoms with van der Waals surface area (Å²) in [6.45, 7) is 4.02. The topological polar surface area (TPSA) is 63.3 Å². The molecule has 0 aliphatic rings. The Kier molecular flexibility index (Phi) is 3.53. The largest absolute Gasteiger partial charge is 0.480 e. The molecule has 1 atom stereocenters. The maximum Gasteiger partial charge on any atom is 0.325 e. The first-order valence-corrected chi connectivity index (χ1v) is 5.40. The van der Waals surface area contributed by atoms with Crippen LogP contribution in [0, 0.1) is 0 Å². The molecule has 0 aliphatic carbocycles. The monoisotopic (exact) mass is 233 g/mol. The normalized spacial score (nSPS) is 13.2. The minimum absolute atomic E-state index is 0.294. The van der Waals surface area contributed by atoms with Crippen LogP contribution in [0.1, 0.15) is 35.6 Å². The summed E-state index contributed by atoms with van der Waals surface area (Å²) in [7, 11) is 0. The average molecular weight is 234 g/mol. The van der Waals surface area contributed by atoms with Crippen LogP contribution in [0.3, 0.4) is 0 Å². The van der Waals surface area contributed by atoms with E-state index in [1.54, 1.807) is 6.07 Å². The lowest BCUT2D eigenvalue weighted by Crippen LogP contribution is -2.19. The molecular weight excluding hydrogens is 222 g/mol. The SMILES string of the molecule is CC(C)c1sc(C(N)C(=O)O)cc1Cl. The standard InChI is InChI=1S/C9H12ClNO2S/c1-4(2)8-5(10)3-6(14-8)7(11)9(12)13/h3-4,7H,11H2,1-2H3,(H,12,13). The Morgan fingerprint density at radius 3 is 2.57 bits per heavy atom. The summed E-state index contributed by atoms with van der Waals surface area (Å²) >= 11 is 7.32. The number of aliphatic carboxylic acids is 1. The molecule has 0 saturated carbocycles. The van der Waals surface area contributed by atoms with Crippen molar-refractivity contribution in [2.75, 3.05) is 0 Å². The molecule has 0 aliphatic heterocycles. The molecule has 0 fully saturated rings. The lowest BCUT2D eigenvalue weighted by molar-refractivity contribution is -0.138. The zero-order valence-corrected chi connectivity index (χ0v) is 9.52. The van der Waals surface area contributed by atoms with Gasteiger partial charge in [0, 0.05) is 9.75 Å². The number of halogens is 1. The van der Waals surface area contributed by atoms with Gasteiger partial charge in [-0.25, -0.2) is 0 Å². The van der Waals surface area contributed by atoms with E-state index in [1.807, 2.05) is 13.8 Å². The summed E-state index contributed by atoms with van der Waals surface area (Å²) in [5.41, 5.74) is 5.47. The third kappa shape index (κ3) is 2.26. The lowest BCUT2D eigenvalue weighted by Gasteiger charge is -2.02. The molecule has 3 N–H and O–H groups in total. The fourth-order valence-electron chi connectivity index (χ4n) is 1.07. The molecule has 0 bridgehead atoms. The van der Waals surface area contributed by atoms with E-state index >= 15 is 0 Å². The predicted molar refractivity (Wildman–Crippen MR) is 58.0 cm³/mol. The van der Waals surface area contributed by atoms with Crippen LogP contribution < -0.4 is 5.73 Å². The predicted octanol–water partition coefficient (Wildman–Crippen LogP) is 2.61. The van der Waals surface area contributed by atoms with E-state index in [-0.39, 0.29) is 0 Å². The van der Waals surface area contributed by atoms with Gasteiger partial charge in [0.25, 0.3) is 0 Å². The van der Waals surface area contributed by atoms with Gasteiger partial charge in [0.05, 0.1) is 5.02 Å². The van der Waals surface area contributed by atoms with Crippen molar-refractivity contribution in [1.29, 1.82) is 0 Å². The molecule has 1 unspecified atom stereocenters. The van der Waals surface area contributed by atoms with Gasteiger partial charge in [0.15, 0.2) is 0 Å². The second-order valence-corrected chi connectivity index (χ2v) is 4.85. The van der Waals surface area contributed by atoms with Crippen molar-refractivity contribution in [3.8, 4) is 0 Å². The van der Waals surface area contributed by atoms with Gasteiger partial charge < -0.3 is 10.8 Å². The number of rotatable bonds is 3. The maximum absolute atomic E-state index is 10.6. The van der Waals surface area contributed by atoms with Crippen LogP contribution in [0.25, 0.3) is 0 Å². The summed E-state index contributed by atoms with van der Waals surface area (Å²) in [5, 5.41) is 9.32. The molecule has 1 aromatic rings. The van der Waals surface area contributed by atoms with Crippen LogP contribution >= 0.6 is 22.9 Å². The molecule has 78 valence electrons. The Morgan fingerprint density at radius 2 is 2.21 bits per heavy atom. The lowest BCUT2D eigenvalue weighted by atomic mass is 10.2. The first kappa shape index (κ1) is 11.5. The van der Waals surface area contributed by atoms with E-state index < -0.39 is 12.0 Å². The van der Waals surface area contributed by atoms with Gasteiger partial charge in [-0.3, -0.25) is 4.79 Å². The molecule has 1 aromatic heterocycles. The van der Waals surface area contributed by atoms with Crippen molar-refractivity contribution in [1.82, 2.24) is 0 Å². The van der Waals surface area contributed by atoms with Crippen LogP contribution in [-0.2, 0) is 4.79 Å². The Hall–Kier alpha value is -0.580. The second-order valence-electron chi connectivity index (χ2n) is 3.33. The van der Waals surface area contributed by atoms with Crippen molar-refractivity contribution >= 4 is 28.9 Å². The van der Waals surface area contributed by atoms with Crippen LogP contribution in [0.2, 0.25) is 5.02 Å². The van der Waals surface area contributed by atoms with Crippen molar-refractivity contribution < 1.29 is 9.90 Å². The van der Waals surface area contributed by atoms with Gasteiger partial charge in [0.1, 0.15) is 6.04 Å². The highest BCUT2D eigenvalue weighted by molar-refractivity contribution is 7.12. The number of carboxylic acid groups (broad SMARTS) is 1. The zero-order chi connectivity index (χ0) is 10.9. The number of hydrogen-bond donors (Lipinski definition) is 2. The molecule has 1 rings (SSSR count). The number of thiophene rings is 1. The molecule has 0 aromatic carbocycles. The molecule has 5 heteroatoms. The van der Waals surface area contributed by atoms with Gasteiger partial charge in [-0.15, -0.1) is 11.3 Å². The van der Waals surface area contributed by atoms with Crippen LogP contribution in [0.5, 0.6) is 0 Å². The first-order chi connectivity index (χ1) is 6.43. The number of hydrogen-bond acceptors (Lipinski definition) is 3. The molecule has 0 amide bonds. The highest BCUT2D eigenvalue weighted by Gasteiger charge is 2.19. The van der Waals surface area contributed by atoms with Crippen molar-refractivity contribution in [2.45, 2.75) is 25.8 Å². The maximum atomic E-state index is 10.6. The summed E-state index contributed by atoms with van der Waals surface area (Å²) < 4.78 is 0. The second kappa shape index (κ2) is 4.29. The molecule has 0 radical (unpaired) electrons. The van der Waals surface area contributed by atoms with E-state index in [1.165, 1.54) is 11.3 Å². The molecular formula is C9H12ClNO2S. The highest BCUT2D eigenvalue weighted by Crippen LogP contribution is 2.35. The fraction of sp³-hybridized carbons (Fsp3) is 0.444. The van der Waals surface area contributed by atoms with Gasteiger partial charge >= 0.3 is 5.97 Å². The Morgan fingerprint density at radius 1 is 1.64 bits per heavy atom. The molecule has 3 nitrogen and oxygen atoms in total. The first-order valence-electron chi connectivity index (χ1n) is 4.21. The van der Waals surface area contributed by atoms with Crippen LogP contribution in [0.4, 0.5) is 0 Å². The highest BCUT2D eigenvalue weighted by atomic mass is 35.5. The number of nitrogens with two attached hydrogens (primary N) is 1. The minimum Gasteiger partial charge on any atom is -0.480 e. The summed E-state index contributed by atoms with van der Waals surface area (Å²) in [6, 6.07) is 0.672. The summed E-state index contributed by atoms with van der Waals surface area (Å²) in [4.78, 5) is 12.2. The van der Waals surface area contributed by atoms with Gasteiger partial charge in [0.2, 0.25) is 0 Å². The third-order valence-corrected chi connectivity index (χ3v) is 3.77. The van der Waals surface area contributed by atoms with E-state index in [0.717, 1.165) is 4.88 Å². The quantitative estimate of drug-likeness (QED) is 0.844. The van der Waals surface area contributed by atoms with Gasteiger partial charge in [-0.2, -0.15) is 0 Å². The van der Waals surface area contributed by atoms with Crippen molar-refractivity contribution in [2.24, 2.45) is 5.73 Å². The molecule has 14 heavy (non-hydrogen) atoms. The molecule has 0 spiro atoms. The van der Waals surface area contributed by atoms with Crippen LogP contribution in [0.15, 0.2) is 6.07 Å². The summed E-state index contributed by atoms with van der Waals surface area (Å²) in [6.07, 6.45) is 0. The smallest absolute Gasteiger partial charge is 0.325 e. The fourth-order valence-corrected chi connectivity index (χ4v) is 2.64. The van der Waals surface area contributed by atoms with E-state index in [0.29, 0.717) is 15.8 Å². The Balaban J connectivity index is 3.02. The van der Waals surface area contributed by atoms with E-state index in [9.17, 15) is 4.79 Å². The Bertz CT molecular complexity index is 349. The van der Waals surface area contributed by atoms with Crippen molar-refractivity contribution in [3.05, 3.63) is 20.8 Å². The van der Waals surface area contributed by atoms with Gasteiger partial charge in [-0.05, 0) is 12.0 Å². The van der Waals surface area contributed by atoms with Gasteiger partial charge in [-0.1, -0.05) is 25.4 Å². The van der Waals surface area contributed by atoms with E-state index in [4.69, 9.17) is 22.4 Å². The van der Waals surface area contributed by atoms with E-state index in [2.05, 4.69) is 0 Å². The number of carboxylic acids is 1. The minimum atomic E-state index is -1.03. The number of carbonyl (C=O) groups is 1. The average Bonchev–Trinajstić information content (AvgIpc) is 2.45. The van der Waals surface area contributed by atoms with Crippen molar-refractivity contribution in [3.63, 3.8) is 0 Å².